The van der Waals surface area contributed by atoms with E-state index in [1.807, 2.05) is 30.3 Å². The lowest BCUT2D eigenvalue weighted by Crippen LogP contribution is -2.15. The van der Waals surface area contributed by atoms with Gasteiger partial charge in [0.05, 0.1) is 26.6 Å². The van der Waals surface area contributed by atoms with E-state index in [0.29, 0.717) is 46.2 Å². The number of amides is 1. The SMILES string of the molecule is Cc1c(C(=O)Nc2nc3cc4c(cc3s2)OCCO4)nnn1-c1ccccc1Cl. The van der Waals surface area contributed by atoms with Crippen LogP contribution in [0.1, 0.15) is 16.2 Å². The molecule has 0 aliphatic carbocycles. The number of carbonyl (C=O) groups is 1. The zero-order valence-electron chi connectivity index (χ0n) is 15.2. The van der Waals surface area contributed by atoms with Gasteiger partial charge in [0, 0.05) is 12.1 Å². The summed E-state index contributed by atoms with van der Waals surface area (Å²) >= 11 is 7.58. The number of hydrogen-bond donors (Lipinski definition) is 1. The number of rotatable bonds is 3. The van der Waals surface area contributed by atoms with Crippen molar-refractivity contribution in [3.63, 3.8) is 0 Å². The van der Waals surface area contributed by atoms with Crippen LogP contribution in [0.3, 0.4) is 0 Å². The number of benzene rings is 2. The van der Waals surface area contributed by atoms with Crippen molar-refractivity contribution >= 4 is 44.2 Å². The Hall–Kier alpha value is -3.17. The summed E-state index contributed by atoms with van der Waals surface area (Å²) < 4.78 is 13.6. The minimum atomic E-state index is -0.392. The molecule has 3 heterocycles. The molecule has 5 rings (SSSR count). The van der Waals surface area contributed by atoms with Crippen molar-refractivity contribution < 1.29 is 14.3 Å². The second kappa shape index (κ2) is 7.02. The average molecular weight is 428 g/mol. The molecule has 0 spiro atoms. The summed E-state index contributed by atoms with van der Waals surface area (Å²) in [7, 11) is 0. The van der Waals surface area contributed by atoms with Gasteiger partial charge in [0.1, 0.15) is 13.2 Å². The number of anilines is 1. The first-order chi connectivity index (χ1) is 14.1. The normalized spacial score (nSPS) is 12.9. The molecule has 1 amide bonds. The van der Waals surface area contributed by atoms with Gasteiger partial charge in [-0.1, -0.05) is 40.3 Å². The Balaban J connectivity index is 1.43. The first-order valence-electron chi connectivity index (χ1n) is 8.79. The predicted octanol–water partition coefficient (Wildman–Crippen LogP) is 3.86. The molecule has 0 atom stereocenters. The molecule has 0 fully saturated rings. The summed E-state index contributed by atoms with van der Waals surface area (Å²) in [5.41, 5.74) is 2.17. The second-order valence-corrected chi connectivity index (χ2v) is 7.76. The Morgan fingerprint density at radius 3 is 2.76 bits per heavy atom. The van der Waals surface area contributed by atoms with Gasteiger partial charge in [-0.15, -0.1) is 5.10 Å². The molecule has 0 unspecified atom stereocenters. The van der Waals surface area contributed by atoms with Gasteiger partial charge in [-0.25, -0.2) is 9.67 Å². The molecular weight excluding hydrogens is 414 g/mol. The van der Waals surface area contributed by atoms with Crippen molar-refractivity contribution in [3.8, 4) is 17.2 Å². The second-order valence-electron chi connectivity index (χ2n) is 6.32. The molecule has 10 heteroatoms. The summed E-state index contributed by atoms with van der Waals surface area (Å²) in [6, 6.07) is 10.9. The van der Waals surface area contributed by atoms with Crippen LogP contribution in [0.25, 0.3) is 15.9 Å². The van der Waals surface area contributed by atoms with Crippen LogP contribution in [0.5, 0.6) is 11.5 Å². The quantitative estimate of drug-likeness (QED) is 0.533. The highest BCUT2D eigenvalue weighted by atomic mass is 35.5. The number of thiazole rings is 1. The number of nitrogens with one attached hydrogen (secondary N) is 1. The van der Waals surface area contributed by atoms with Crippen molar-refractivity contribution in [1.82, 2.24) is 20.0 Å². The highest BCUT2D eigenvalue weighted by Gasteiger charge is 2.21. The van der Waals surface area contributed by atoms with Crippen LogP contribution >= 0.6 is 22.9 Å². The highest BCUT2D eigenvalue weighted by Crippen LogP contribution is 2.38. The molecule has 2 aromatic carbocycles. The molecule has 0 bridgehead atoms. The lowest BCUT2D eigenvalue weighted by Gasteiger charge is -2.17. The van der Waals surface area contributed by atoms with Gasteiger partial charge in [-0.05, 0) is 19.1 Å². The van der Waals surface area contributed by atoms with E-state index >= 15 is 0 Å². The molecular formula is C19H14ClN5O3S. The van der Waals surface area contributed by atoms with E-state index in [4.69, 9.17) is 21.1 Å². The zero-order valence-corrected chi connectivity index (χ0v) is 16.8. The summed E-state index contributed by atoms with van der Waals surface area (Å²) in [5, 5.41) is 11.9. The van der Waals surface area contributed by atoms with Gasteiger partial charge in [0.25, 0.3) is 5.91 Å². The fourth-order valence-electron chi connectivity index (χ4n) is 3.07. The molecule has 4 aromatic rings. The number of aromatic nitrogens is 4. The Morgan fingerprint density at radius 1 is 1.21 bits per heavy atom. The smallest absolute Gasteiger partial charge is 0.279 e. The van der Waals surface area contributed by atoms with Gasteiger partial charge in [0.15, 0.2) is 22.3 Å². The lowest BCUT2D eigenvalue weighted by molar-refractivity contribution is 0.102. The Morgan fingerprint density at radius 2 is 1.97 bits per heavy atom. The maximum Gasteiger partial charge on any atom is 0.279 e. The highest BCUT2D eigenvalue weighted by molar-refractivity contribution is 7.22. The van der Waals surface area contributed by atoms with Crippen LogP contribution in [-0.2, 0) is 0 Å². The Bertz CT molecular complexity index is 1210. The third-order valence-electron chi connectivity index (χ3n) is 4.46. The lowest BCUT2D eigenvalue weighted by atomic mass is 10.3. The predicted molar refractivity (Wildman–Crippen MR) is 110 cm³/mol. The Labute approximate surface area is 174 Å². The van der Waals surface area contributed by atoms with E-state index in [0.717, 1.165) is 10.2 Å². The minimum absolute atomic E-state index is 0.204. The van der Waals surface area contributed by atoms with Gasteiger partial charge in [0.2, 0.25) is 0 Å². The van der Waals surface area contributed by atoms with E-state index in [-0.39, 0.29) is 5.69 Å². The summed E-state index contributed by atoms with van der Waals surface area (Å²) in [4.78, 5) is 17.2. The third-order valence-corrected chi connectivity index (χ3v) is 5.72. The van der Waals surface area contributed by atoms with Crippen molar-refractivity contribution in [1.29, 1.82) is 0 Å². The van der Waals surface area contributed by atoms with E-state index in [9.17, 15) is 4.79 Å². The van der Waals surface area contributed by atoms with E-state index < -0.39 is 5.91 Å². The number of fused-ring (bicyclic) bond motifs is 2. The average Bonchev–Trinajstić information content (AvgIpc) is 3.28. The van der Waals surface area contributed by atoms with Gasteiger partial charge in [-0.2, -0.15) is 0 Å². The molecule has 0 saturated heterocycles. The van der Waals surface area contributed by atoms with Crippen LogP contribution in [0.2, 0.25) is 5.02 Å². The minimum Gasteiger partial charge on any atom is -0.486 e. The number of hydrogen-bond acceptors (Lipinski definition) is 7. The molecule has 0 radical (unpaired) electrons. The number of halogens is 1. The Kier molecular flexibility index (Phi) is 4.33. The molecule has 0 saturated carbocycles. The third kappa shape index (κ3) is 3.18. The first kappa shape index (κ1) is 17.9. The van der Waals surface area contributed by atoms with Gasteiger partial charge < -0.3 is 9.47 Å². The first-order valence-corrected chi connectivity index (χ1v) is 9.98. The van der Waals surface area contributed by atoms with Crippen molar-refractivity contribution in [2.24, 2.45) is 0 Å². The zero-order chi connectivity index (χ0) is 20.0. The van der Waals surface area contributed by atoms with Gasteiger partial charge in [-0.3, -0.25) is 10.1 Å². The van der Waals surface area contributed by atoms with Crippen LogP contribution in [0.15, 0.2) is 36.4 Å². The number of ether oxygens (including phenoxy) is 2. The molecule has 1 aliphatic rings. The molecule has 1 aliphatic heterocycles. The van der Waals surface area contributed by atoms with E-state index in [1.54, 1.807) is 17.7 Å². The molecule has 8 nitrogen and oxygen atoms in total. The monoisotopic (exact) mass is 427 g/mol. The topological polar surface area (TPSA) is 91.2 Å². The molecule has 2 aromatic heterocycles. The molecule has 146 valence electrons. The maximum absolute atomic E-state index is 12.8. The van der Waals surface area contributed by atoms with Crippen LogP contribution in [0.4, 0.5) is 5.13 Å². The van der Waals surface area contributed by atoms with Crippen molar-refractivity contribution in [2.75, 3.05) is 18.5 Å². The van der Waals surface area contributed by atoms with Crippen molar-refractivity contribution in [3.05, 3.63) is 52.8 Å². The van der Waals surface area contributed by atoms with Crippen molar-refractivity contribution in [2.45, 2.75) is 6.92 Å². The van der Waals surface area contributed by atoms with E-state index in [2.05, 4.69) is 20.6 Å². The van der Waals surface area contributed by atoms with Crippen LogP contribution < -0.4 is 14.8 Å². The summed E-state index contributed by atoms with van der Waals surface area (Å²) in [5.74, 6) is 0.950. The fourth-order valence-corrected chi connectivity index (χ4v) is 4.15. The van der Waals surface area contributed by atoms with Crippen LogP contribution in [0, 0.1) is 6.92 Å². The maximum atomic E-state index is 12.8. The number of carbonyl (C=O) groups excluding carboxylic acids is 1. The molecule has 29 heavy (non-hydrogen) atoms. The number of nitrogens with zero attached hydrogens (tertiary/aromatic N) is 4. The van der Waals surface area contributed by atoms with Gasteiger partial charge >= 0.3 is 0 Å². The largest absolute Gasteiger partial charge is 0.486 e. The standard InChI is InChI=1S/C19H14ClN5O3S/c1-10-17(23-24-25(10)13-5-3-2-4-11(13)20)18(26)22-19-21-12-8-14-15(9-16(12)29-19)28-7-6-27-14/h2-5,8-9H,6-7H2,1H3,(H,21,22,26). The fraction of sp³-hybridized carbons (Fsp3) is 0.158. The molecule has 1 N–H and O–H groups in total. The summed E-state index contributed by atoms with van der Waals surface area (Å²) in [6.07, 6.45) is 0. The van der Waals surface area contributed by atoms with Crippen LogP contribution in [-0.4, -0.2) is 39.1 Å². The summed E-state index contributed by atoms with van der Waals surface area (Å²) in [6.45, 7) is 2.78. The number of para-hydroxylation sites is 1. The van der Waals surface area contributed by atoms with E-state index in [1.165, 1.54) is 11.3 Å².